The Balaban J connectivity index is 1.52. The summed E-state index contributed by atoms with van der Waals surface area (Å²) in [5, 5.41) is 15.7. The molecule has 11 nitrogen and oxygen atoms in total. The predicted octanol–water partition coefficient (Wildman–Crippen LogP) is 2.10. The van der Waals surface area contributed by atoms with E-state index in [1.807, 2.05) is 0 Å². The summed E-state index contributed by atoms with van der Waals surface area (Å²) in [6.45, 7) is 0.392. The SMILES string of the molecule is O=c1c2cnn(-c3ccccc3[N+](=O)[O-])c2ncn1CCn1c(=O)oc2ccccc21. The van der Waals surface area contributed by atoms with Gasteiger partial charge in [0.1, 0.15) is 17.4 Å². The van der Waals surface area contributed by atoms with E-state index < -0.39 is 10.7 Å². The van der Waals surface area contributed by atoms with E-state index in [0.717, 1.165) is 0 Å². The second-order valence-corrected chi connectivity index (χ2v) is 6.77. The molecule has 0 saturated heterocycles. The molecule has 0 fully saturated rings. The van der Waals surface area contributed by atoms with Crippen LogP contribution < -0.4 is 11.3 Å². The van der Waals surface area contributed by atoms with E-state index in [9.17, 15) is 19.7 Å². The van der Waals surface area contributed by atoms with Crippen LogP contribution in [-0.4, -0.2) is 28.8 Å². The molecule has 154 valence electrons. The quantitative estimate of drug-likeness (QED) is 0.315. The zero-order valence-corrected chi connectivity index (χ0v) is 15.9. The van der Waals surface area contributed by atoms with Crippen molar-refractivity contribution in [1.82, 2.24) is 23.9 Å². The van der Waals surface area contributed by atoms with Gasteiger partial charge in [-0.3, -0.25) is 24.0 Å². The molecule has 0 atom stereocenters. The molecule has 0 aliphatic carbocycles. The van der Waals surface area contributed by atoms with Gasteiger partial charge in [0, 0.05) is 19.2 Å². The van der Waals surface area contributed by atoms with Crippen molar-refractivity contribution < 1.29 is 9.34 Å². The second kappa shape index (κ2) is 7.06. The molecule has 3 heterocycles. The lowest BCUT2D eigenvalue weighted by Crippen LogP contribution is -2.25. The number of aromatic nitrogens is 5. The number of rotatable bonds is 5. The fraction of sp³-hybridized carbons (Fsp3) is 0.100. The van der Waals surface area contributed by atoms with E-state index in [1.54, 1.807) is 36.4 Å². The van der Waals surface area contributed by atoms with Crippen LogP contribution in [0.2, 0.25) is 0 Å². The summed E-state index contributed by atoms with van der Waals surface area (Å²) >= 11 is 0. The molecule has 5 rings (SSSR count). The minimum Gasteiger partial charge on any atom is -0.408 e. The Labute approximate surface area is 172 Å². The fourth-order valence-corrected chi connectivity index (χ4v) is 3.52. The molecule has 5 aromatic rings. The van der Waals surface area contributed by atoms with Gasteiger partial charge in [-0.1, -0.05) is 24.3 Å². The van der Waals surface area contributed by atoms with Crippen LogP contribution >= 0.6 is 0 Å². The van der Waals surface area contributed by atoms with Gasteiger partial charge in [0.15, 0.2) is 11.2 Å². The van der Waals surface area contributed by atoms with E-state index in [4.69, 9.17) is 4.42 Å². The standard InChI is InChI=1S/C20H14N6O5/c27-19-13-11-22-25(14-5-1-2-6-15(14)26(29)30)18(13)21-12-23(19)9-10-24-16-7-3-4-8-17(16)31-20(24)28/h1-8,11-12H,9-10H2. The molecule has 11 heteroatoms. The number of benzene rings is 2. The number of nitrogens with zero attached hydrogens (tertiary/aromatic N) is 6. The number of hydrogen-bond acceptors (Lipinski definition) is 7. The van der Waals surface area contributed by atoms with Crippen LogP contribution in [0.4, 0.5) is 5.69 Å². The number of nitro benzene ring substituents is 1. The molecule has 0 bridgehead atoms. The van der Waals surface area contributed by atoms with Gasteiger partial charge in [0.05, 0.1) is 16.6 Å². The summed E-state index contributed by atoms with van der Waals surface area (Å²) in [4.78, 5) is 40.2. The van der Waals surface area contributed by atoms with Crippen molar-refractivity contribution in [3.63, 3.8) is 0 Å². The van der Waals surface area contributed by atoms with Crippen molar-refractivity contribution in [3.8, 4) is 5.69 Å². The van der Waals surface area contributed by atoms with Crippen LogP contribution in [0.1, 0.15) is 0 Å². The molecule has 31 heavy (non-hydrogen) atoms. The van der Waals surface area contributed by atoms with Gasteiger partial charge in [-0.05, 0) is 18.2 Å². The molecule has 0 saturated carbocycles. The maximum Gasteiger partial charge on any atom is 0.420 e. The Hall–Kier alpha value is -4.54. The molecule has 0 aliphatic heterocycles. The number of para-hydroxylation sites is 4. The highest BCUT2D eigenvalue weighted by molar-refractivity contribution is 5.76. The first-order chi connectivity index (χ1) is 15.0. The lowest BCUT2D eigenvalue weighted by Gasteiger charge is -2.07. The number of nitro groups is 1. The third-order valence-electron chi connectivity index (χ3n) is 5.00. The fourth-order valence-electron chi connectivity index (χ4n) is 3.52. The maximum atomic E-state index is 12.9. The molecule has 0 aliphatic rings. The summed E-state index contributed by atoms with van der Waals surface area (Å²) in [6.07, 6.45) is 2.67. The van der Waals surface area contributed by atoms with Crippen LogP contribution in [0.5, 0.6) is 0 Å². The largest absolute Gasteiger partial charge is 0.420 e. The van der Waals surface area contributed by atoms with Crippen LogP contribution in [-0.2, 0) is 13.1 Å². The highest BCUT2D eigenvalue weighted by Gasteiger charge is 2.19. The Morgan fingerprint density at radius 1 is 1.03 bits per heavy atom. The van der Waals surface area contributed by atoms with Gasteiger partial charge in [-0.15, -0.1) is 0 Å². The number of oxazole rings is 1. The molecule has 0 radical (unpaired) electrons. The van der Waals surface area contributed by atoms with Crippen LogP contribution in [0.25, 0.3) is 27.8 Å². The van der Waals surface area contributed by atoms with E-state index in [0.29, 0.717) is 11.1 Å². The lowest BCUT2D eigenvalue weighted by atomic mass is 10.2. The number of aryl methyl sites for hydroxylation is 2. The van der Waals surface area contributed by atoms with Gasteiger partial charge in [-0.25, -0.2) is 14.5 Å². The van der Waals surface area contributed by atoms with Crippen molar-refractivity contribution in [1.29, 1.82) is 0 Å². The Morgan fingerprint density at radius 2 is 1.81 bits per heavy atom. The summed E-state index contributed by atoms with van der Waals surface area (Å²) in [6, 6.07) is 13.1. The van der Waals surface area contributed by atoms with Crippen molar-refractivity contribution >= 4 is 27.8 Å². The van der Waals surface area contributed by atoms with Gasteiger partial charge < -0.3 is 4.42 Å². The average Bonchev–Trinajstić information content (AvgIpc) is 3.34. The number of hydrogen-bond donors (Lipinski definition) is 0. The van der Waals surface area contributed by atoms with Crippen LogP contribution in [0.3, 0.4) is 0 Å². The monoisotopic (exact) mass is 418 g/mol. The topological polar surface area (TPSA) is 131 Å². The van der Waals surface area contributed by atoms with E-state index in [1.165, 1.54) is 38.5 Å². The zero-order valence-electron chi connectivity index (χ0n) is 15.9. The van der Waals surface area contributed by atoms with Crippen molar-refractivity contribution in [2.24, 2.45) is 0 Å². The molecular formula is C20H14N6O5. The molecular weight excluding hydrogens is 404 g/mol. The highest BCUT2D eigenvalue weighted by Crippen LogP contribution is 2.23. The van der Waals surface area contributed by atoms with E-state index >= 15 is 0 Å². The maximum absolute atomic E-state index is 12.9. The molecule has 3 aromatic heterocycles. The molecule has 2 aromatic carbocycles. The van der Waals surface area contributed by atoms with Gasteiger partial charge in [-0.2, -0.15) is 5.10 Å². The normalized spacial score (nSPS) is 11.4. The number of fused-ring (bicyclic) bond motifs is 2. The first-order valence-electron chi connectivity index (χ1n) is 9.30. The summed E-state index contributed by atoms with van der Waals surface area (Å²) in [5.74, 6) is -0.507. The lowest BCUT2D eigenvalue weighted by molar-refractivity contribution is -0.384. The Morgan fingerprint density at radius 3 is 2.65 bits per heavy atom. The second-order valence-electron chi connectivity index (χ2n) is 6.77. The summed E-state index contributed by atoms with van der Waals surface area (Å²) in [5.41, 5.74) is 1.02. The Bertz CT molecular complexity index is 1570. The van der Waals surface area contributed by atoms with Crippen molar-refractivity contribution in [3.05, 3.63) is 92.1 Å². The molecule has 0 unspecified atom stereocenters. The summed E-state index contributed by atoms with van der Waals surface area (Å²) in [7, 11) is 0. The average molecular weight is 418 g/mol. The first-order valence-corrected chi connectivity index (χ1v) is 9.30. The molecule has 0 spiro atoms. The van der Waals surface area contributed by atoms with Gasteiger partial charge in [0.25, 0.3) is 11.2 Å². The highest BCUT2D eigenvalue weighted by atomic mass is 16.6. The molecule has 0 N–H and O–H groups in total. The van der Waals surface area contributed by atoms with Crippen molar-refractivity contribution in [2.75, 3.05) is 0 Å². The van der Waals surface area contributed by atoms with Crippen LogP contribution in [0, 0.1) is 10.1 Å². The summed E-state index contributed by atoms with van der Waals surface area (Å²) < 4.78 is 9.29. The Kier molecular flexibility index (Phi) is 4.21. The minimum absolute atomic E-state index is 0.148. The predicted molar refractivity (Wildman–Crippen MR) is 110 cm³/mol. The van der Waals surface area contributed by atoms with E-state index in [-0.39, 0.29) is 41.1 Å². The third kappa shape index (κ3) is 2.99. The van der Waals surface area contributed by atoms with Gasteiger partial charge >= 0.3 is 5.76 Å². The first kappa shape index (κ1) is 18.5. The van der Waals surface area contributed by atoms with Gasteiger partial charge in [0.2, 0.25) is 0 Å². The van der Waals surface area contributed by atoms with Crippen molar-refractivity contribution in [2.45, 2.75) is 13.1 Å². The smallest absolute Gasteiger partial charge is 0.408 e. The minimum atomic E-state index is -0.517. The van der Waals surface area contributed by atoms with Crippen LogP contribution in [0.15, 0.2) is 75.1 Å². The zero-order chi connectivity index (χ0) is 21.5. The molecule has 0 amide bonds. The third-order valence-corrected chi connectivity index (χ3v) is 5.00. The van der Waals surface area contributed by atoms with E-state index in [2.05, 4.69) is 10.1 Å².